The molecular formula is C8H12F2O. The molecule has 1 fully saturated rings. The Bertz CT molecular complexity index is 175. The first-order chi connectivity index (χ1) is 4.93. The van der Waals surface area contributed by atoms with Crippen molar-refractivity contribution in [3.8, 4) is 0 Å². The van der Waals surface area contributed by atoms with Crippen LogP contribution in [-0.2, 0) is 4.79 Å². The number of Topliss-reactive ketones (excluding diaryl/α,β-unsaturated/α-hetero) is 1. The summed E-state index contributed by atoms with van der Waals surface area (Å²) < 4.78 is 24.5. The summed E-state index contributed by atoms with van der Waals surface area (Å²) in [7, 11) is 0. The summed E-state index contributed by atoms with van der Waals surface area (Å²) in [6.07, 6.45) is -0.0316. The van der Waals surface area contributed by atoms with Crippen LogP contribution >= 0.6 is 0 Å². The summed E-state index contributed by atoms with van der Waals surface area (Å²) in [4.78, 5) is 10.9. The Kier molecular flexibility index (Phi) is 1.99. The molecule has 11 heavy (non-hydrogen) atoms. The van der Waals surface area contributed by atoms with Crippen LogP contribution in [0.2, 0.25) is 0 Å². The smallest absolute Gasteiger partial charge is 0.252 e. The molecule has 1 nitrogen and oxygen atoms in total. The van der Waals surface area contributed by atoms with E-state index >= 15 is 0 Å². The van der Waals surface area contributed by atoms with Crippen LogP contribution in [0.1, 0.15) is 26.7 Å². The number of carbonyl (C=O) groups is 1. The Balaban J connectivity index is 2.29. The quantitative estimate of drug-likeness (QED) is 0.622. The van der Waals surface area contributed by atoms with E-state index in [4.69, 9.17) is 0 Å². The molecule has 0 amide bonds. The molecule has 0 aromatic heterocycles. The third-order valence-corrected chi connectivity index (χ3v) is 2.05. The Morgan fingerprint density at radius 2 is 2.09 bits per heavy atom. The van der Waals surface area contributed by atoms with Gasteiger partial charge in [0.05, 0.1) is 0 Å². The summed E-state index contributed by atoms with van der Waals surface area (Å²) in [6, 6.07) is 0. The minimum absolute atomic E-state index is 0.0489. The molecule has 0 N–H and O–H groups in total. The van der Waals surface area contributed by atoms with Crippen molar-refractivity contribution in [2.24, 2.45) is 11.8 Å². The van der Waals surface area contributed by atoms with Gasteiger partial charge in [0, 0.05) is 24.7 Å². The molecule has 1 unspecified atom stereocenters. The van der Waals surface area contributed by atoms with Crippen molar-refractivity contribution in [1.29, 1.82) is 0 Å². The van der Waals surface area contributed by atoms with Crippen LogP contribution in [0.25, 0.3) is 0 Å². The van der Waals surface area contributed by atoms with Crippen LogP contribution in [0.3, 0.4) is 0 Å². The molecule has 0 radical (unpaired) electrons. The zero-order chi connectivity index (χ0) is 8.65. The van der Waals surface area contributed by atoms with E-state index < -0.39 is 11.8 Å². The Labute approximate surface area is 64.8 Å². The Morgan fingerprint density at radius 3 is 2.36 bits per heavy atom. The lowest BCUT2D eigenvalue weighted by Gasteiger charge is -2.01. The lowest BCUT2D eigenvalue weighted by molar-refractivity contribution is -0.122. The molecule has 0 saturated heterocycles. The summed E-state index contributed by atoms with van der Waals surface area (Å²) in [5.74, 6) is -3.35. The molecule has 64 valence electrons. The molecule has 0 spiro atoms. The number of alkyl halides is 2. The summed E-state index contributed by atoms with van der Waals surface area (Å²) in [5, 5.41) is 0. The highest BCUT2D eigenvalue weighted by molar-refractivity contribution is 5.80. The second-order valence-electron chi connectivity index (χ2n) is 3.49. The van der Waals surface area contributed by atoms with Gasteiger partial charge in [-0.1, -0.05) is 13.8 Å². The Hall–Kier alpha value is -0.470. The first-order valence-corrected chi connectivity index (χ1v) is 3.84. The van der Waals surface area contributed by atoms with Crippen LogP contribution in [0.15, 0.2) is 0 Å². The molecule has 3 heteroatoms. The van der Waals surface area contributed by atoms with E-state index in [9.17, 15) is 13.6 Å². The van der Waals surface area contributed by atoms with Crippen LogP contribution in [-0.4, -0.2) is 11.7 Å². The molecule has 1 aliphatic carbocycles. The molecule has 0 aromatic carbocycles. The normalized spacial score (nSPS) is 27.2. The average Bonchev–Trinajstić information content (AvgIpc) is 2.39. The fourth-order valence-corrected chi connectivity index (χ4v) is 0.970. The van der Waals surface area contributed by atoms with E-state index in [2.05, 4.69) is 0 Å². The molecular weight excluding hydrogens is 150 g/mol. The van der Waals surface area contributed by atoms with Crippen LogP contribution in [0.4, 0.5) is 8.78 Å². The zero-order valence-electron chi connectivity index (χ0n) is 6.73. The maximum absolute atomic E-state index is 12.3. The van der Waals surface area contributed by atoms with Gasteiger partial charge in [0.1, 0.15) is 5.78 Å². The van der Waals surface area contributed by atoms with Crippen LogP contribution in [0.5, 0.6) is 0 Å². The number of halogens is 2. The van der Waals surface area contributed by atoms with Gasteiger partial charge in [-0.05, 0) is 0 Å². The van der Waals surface area contributed by atoms with Crippen LogP contribution in [0, 0.1) is 11.8 Å². The van der Waals surface area contributed by atoms with Crippen molar-refractivity contribution in [3.63, 3.8) is 0 Å². The molecule has 0 bridgehead atoms. The van der Waals surface area contributed by atoms with E-state index in [0.29, 0.717) is 0 Å². The third kappa shape index (κ3) is 1.98. The monoisotopic (exact) mass is 162 g/mol. The summed E-state index contributed by atoms with van der Waals surface area (Å²) in [6.45, 7) is 3.48. The molecule has 0 aromatic rings. The van der Waals surface area contributed by atoms with Crippen molar-refractivity contribution in [2.75, 3.05) is 0 Å². The highest BCUT2D eigenvalue weighted by Crippen LogP contribution is 2.50. The lowest BCUT2D eigenvalue weighted by atomic mass is 10.0. The first-order valence-electron chi connectivity index (χ1n) is 3.84. The topological polar surface area (TPSA) is 17.1 Å². The van der Waals surface area contributed by atoms with E-state index in [1.165, 1.54) is 0 Å². The van der Waals surface area contributed by atoms with E-state index in [-0.39, 0.29) is 24.5 Å². The predicted molar refractivity (Wildman–Crippen MR) is 37.5 cm³/mol. The lowest BCUT2D eigenvalue weighted by Crippen LogP contribution is -2.09. The van der Waals surface area contributed by atoms with Crippen molar-refractivity contribution < 1.29 is 13.6 Å². The van der Waals surface area contributed by atoms with E-state index in [0.717, 1.165) is 0 Å². The molecule has 0 heterocycles. The highest BCUT2D eigenvalue weighted by atomic mass is 19.3. The summed E-state index contributed by atoms with van der Waals surface area (Å²) >= 11 is 0. The van der Waals surface area contributed by atoms with Crippen molar-refractivity contribution >= 4 is 5.78 Å². The van der Waals surface area contributed by atoms with Gasteiger partial charge < -0.3 is 0 Å². The van der Waals surface area contributed by atoms with E-state index in [1.54, 1.807) is 13.8 Å². The van der Waals surface area contributed by atoms with Crippen LogP contribution < -0.4 is 0 Å². The minimum Gasteiger partial charge on any atom is -0.299 e. The SMILES string of the molecule is CC(C)C(=O)CC1CC1(F)F. The van der Waals surface area contributed by atoms with Gasteiger partial charge >= 0.3 is 0 Å². The standard InChI is InChI=1S/C8H12F2O/c1-5(2)7(11)3-6-4-8(6,9)10/h5-6H,3-4H2,1-2H3. The van der Waals surface area contributed by atoms with Crippen molar-refractivity contribution in [1.82, 2.24) is 0 Å². The number of hydrogen-bond donors (Lipinski definition) is 0. The van der Waals surface area contributed by atoms with Gasteiger partial charge in [0.25, 0.3) is 5.92 Å². The van der Waals surface area contributed by atoms with Gasteiger partial charge in [0.15, 0.2) is 0 Å². The fourth-order valence-electron chi connectivity index (χ4n) is 0.970. The molecule has 0 aliphatic heterocycles. The second kappa shape index (κ2) is 2.54. The van der Waals surface area contributed by atoms with Crippen molar-refractivity contribution in [2.45, 2.75) is 32.6 Å². The van der Waals surface area contributed by atoms with Gasteiger partial charge in [-0.15, -0.1) is 0 Å². The molecule has 1 rings (SSSR count). The number of rotatable bonds is 3. The average molecular weight is 162 g/mol. The first kappa shape index (κ1) is 8.62. The summed E-state index contributed by atoms with van der Waals surface area (Å²) in [5.41, 5.74) is 0. The fraction of sp³-hybridized carbons (Fsp3) is 0.875. The minimum atomic E-state index is -2.54. The van der Waals surface area contributed by atoms with Crippen molar-refractivity contribution in [3.05, 3.63) is 0 Å². The molecule has 1 atom stereocenters. The Morgan fingerprint density at radius 1 is 1.64 bits per heavy atom. The third-order valence-electron chi connectivity index (χ3n) is 2.05. The predicted octanol–water partition coefficient (Wildman–Crippen LogP) is 2.26. The van der Waals surface area contributed by atoms with Gasteiger partial charge in [-0.25, -0.2) is 8.78 Å². The number of hydrogen-bond acceptors (Lipinski definition) is 1. The zero-order valence-corrected chi connectivity index (χ0v) is 6.73. The molecule has 1 saturated carbocycles. The second-order valence-corrected chi connectivity index (χ2v) is 3.49. The molecule has 1 aliphatic rings. The largest absolute Gasteiger partial charge is 0.299 e. The number of carbonyl (C=O) groups excluding carboxylic acids is 1. The highest BCUT2D eigenvalue weighted by Gasteiger charge is 2.57. The van der Waals surface area contributed by atoms with Gasteiger partial charge in [0.2, 0.25) is 0 Å². The number of ketones is 1. The van der Waals surface area contributed by atoms with E-state index in [1.807, 2.05) is 0 Å². The maximum atomic E-state index is 12.3. The van der Waals surface area contributed by atoms with Gasteiger partial charge in [-0.2, -0.15) is 0 Å². The maximum Gasteiger partial charge on any atom is 0.252 e. The van der Waals surface area contributed by atoms with Gasteiger partial charge in [-0.3, -0.25) is 4.79 Å².